The predicted octanol–water partition coefficient (Wildman–Crippen LogP) is 4.49. The summed E-state index contributed by atoms with van der Waals surface area (Å²) in [7, 11) is 0. The monoisotopic (exact) mass is 280 g/mol. The number of hydrogen-bond acceptors (Lipinski definition) is 1. The number of carbonyl (C=O) groups is 1. The summed E-state index contributed by atoms with van der Waals surface area (Å²) in [5.41, 5.74) is 1.14. The third kappa shape index (κ3) is 1.90. The molecule has 1 saturated carbocycles. The molecule has 0 aromatic heterocycles. The maximum atomic E-state index is 11.4. The van der Waals surface area contributed by atoms with Gasteiger partial charge in [0.05, 0.1) is 10.0 Å². The second-order valence-corrected chi connectivity index (χ2v) is 6.02. The van der Waals surface area contributed by atoms with Crippen LogP contribution in [0, 0.1) is 17.8 Å². The molecule has 1 aromatic rings. The first-order chi connectivity index (χ1) is 8.70. The predicted molar refractivity (Wildman–Crippen MR) is 74.1 cm³/mol. The molecule has 0 amide bonds. The maximum Gasteiger partial charge on any atom is 0.124 e. The number of benzene rings is 1. The summed E-state index contributed by atoms with van der Waals surface area (Å²) >= 11 is 12.0. The van der Waals surface area contributed by atoms with Gasteiger partial charge in [0.1, 0.15) is 6.29 Å². The van der Waals surface area contributed by atoms with Crippen molar-refractivity contribution in [1.29, 1.82) is 0 Å². The van der Waals surface area contributed by atoms with E-state index in [4.69, 9.17) is 23.2 Å². The van der Waals surface area contributed by atoms with Gasteiger partial charge in [-0.25, -0.2) is 0 Å². The molecule has 2 bridgehead atoms. The van der Waals surface area contributed by atoms with Crippen LogP contribution in [-0.4, -0.2) is 6.29 Å². The van der Waals surface area contributed by atoms with E-state index in [1.807, 2.05) is 18.2 Å². The molecule has 1 aromatic carbocycles. The fraction of sp³-hybridized carbons (Fsp3) is 0.400. The highest BCUT2D eigenvalue weighted by molar-refractivity contribution is 6.42. The third-order valence-corrected chi connectivity index (χ3v) is 5.03. The number of rotatable bonds is 2. The molecule has 0 radical (unpaired) electrons. The number of aldehydes is 1. The van der Waals surface area contributed by atoms with Crippen molar-refractivity contribution < 1.29 is 4.79 Å². The van der Waals surface area contributed by atoms with Crippen molar-refractivity contribution >= 4 is 29.5 Å². The van der Waals surface area contributed by atoms with Crippen LogP contribution in [0.15, 0.2) is 30.4 Å². The van der Waals surface area contributed by atoms with Gasteiger partial charge in [-0.3, -0.25) is 0 Å². The summed E-state index contributed by atoms with van der Waals surface area (Å²) < 4.78 is 0. The smallest absolute Gasteiger partial charge is 0.124 e. The maximum absolute atomic E-state index is 11.4. The summed E-state index contributed by atoms with van der Waals surface area (Å²) in [6.07, 6.45) is 7.88. The third-order valence-electron chi connectivity index (χ3n) is 4.29. The van der Waals surface area contributed by atoms with E-state index in [2.05, 4.69) is 12.2 Å². The number of carbonyl (C=O) groups excluding carboxylic acids is 1. The minimum Gasteiger partial charge on any atom is -0.303 e. The zero-order valence-electron chi connectivity index (χ0n) is 9.85. The summed E-state index contributed by atoms with van der Waals surface area (Å²) in [5.74, 6) is 1.21. The van der Waals surface area contributed by atoms with Crippen LogP contribution in [0.5, 0.6) is 0 Å². The number of halogens is 2. The van der Waals surface area contributed by atoms with E-state index in [-0.39, 0.29) is 11.8 Å². The molecular formula is C15H14Cl2O. The molecule has 3 heteroatoms. The molecule has 3 aliphatic rings. The molecule has 1 nitrogen and oxygen atoms in total. The van der Waals surface area contributed by atoms with Crippen molar-refractivity contribution in [3.63, 3.8) is 0 Å². The zero-order chi connectivity index (χ0) is 12.7. The Kier molecular flexibility index (Phi) is 3.21. The molecule has 2 unspecified atom stereocenters. The van der Waals surface area contributed by atoms with Crippen LogP contribution in [0.3, 0.4) is 0 Å². The number of fused-ring (bicyclic) bond motifs is 2. The average molecular weight is 281 g/mol. The van der Waals surface area contributed by atoms with Gasteiger partial charge in [-0.15, -0.1) is 0 Å². The van der Waals surface area contributed by atoms with Gasteiger partial charge in [0.25, 0.3) is 0 Å². The molecule has 94 valence electrons. The summed E-state index contributed by atoms with van der Waals surface area (Å²) in [6.45, 7) is 0. The zero-order valence-corrected chi connectivity index (χ0v) is 11.4. The summed E-state index contributed by atoms with van der Waals surface area (Å²) in [5, 5.41) is 1.14. The first-order valence-corrected chi connectivity index (χ1v) is 7.05. The van der Waals surface area contributed by atoms with E-state index in [0.29, 0.717) is 21.9 Å². The van der Waals surface area contributed by atoms with Crippen molar-refractivity contribution in [2.75, 3.05) is 0 Å². The quantitative estimate of drug-likeness (QED) is 0.576. The lowest BCUT2D eigenvalue weighted by atomic mass is 9.61. The Bertz CT molecular complexity index is 509. The molecular weight excluding hydrogens is 267 g/mol. The lowest BCUT2D eigenvalue weighted by Gasteiger charge is -2.43. The van der Waals surface area contributed by atoms with Gasteiger partial charge in [0, 0.05) is 11.8 Å². The highest BCUT2D eigenvalue weighted by atomic mass is 35.5. The van der Waals surface area contributed by atoms with Gasteiger partial charge in [-0.2, -0.15) is 0 Å². The van der Waals surface area contributed by atoms with Crippen LogP contribution in [0.4, 0.5) is 0 Å². The average Bonchev–Trinajstić information content (AvgIpc) is 2.42. The SMILES string of the molecule is O=CC1C2C=C[C@@H](CC2)[C@H]1c1ccc(Cl)c(Cl)c1. The molecule has 0 saturated heterocycles. The normalized spacial score (nSPS) is 33.7. The number of hydrogen-bond donors (Lipinski definition) is 0. The second-order valence-electron chi connectivity index (χ2n) is 5.20. The van der Waals surface area contributed by atoms with Gasteiger partial charge in [-0.1, -0.05) is 41.4 Å². The van der Waals surface area contributed by atoms with Gasteiger partial charge < -0.3 is 4.79 Å². The van der Waals surface area contributed by atoms with Crippen molar-refractivity contribution in [2.45, 2.75) is 18.8 Å². The lowest BCUT2D eigenvalue weighted by Crippen LogP contribution is -2.36. The van der Waals surface area contributed by atoms with Crippen LogP contribution >= 0.6 is 23.2 Å². The van der Waals surface area contributed by atoms with E-state index >= 15 is 0 Å². The fourth-order valence-electron chi connectivity index (χ4n) is 3.41. The first kappa shape index (κ1) is 12.3. The number of allylic oxidation sites excluding steroid dienone is 2. The van der Waals surface area contributed by atoms with Gasteiger partial charge in [0.15, 0.2) is 0 Å². The first-order valence-electron chi connectivity index (χ1n) is 6.29. The topological polar surface area (TPSA) is 17.1 Å². The Morgan fingerprint density at radius 1 is 1.06 bits per heavy atom. The highest BCUT2D eigenvalue weighted by Gasteiger charge is 2.41. The standard InChI is InChI=1S/C15H14Cl2O/c16-13-6-5-11(7-14(13)17)15-10-3-1-9(2-4-10)12(15)8-18/h1,3,5-10,12,15H,2,4H2/t9?,10-,12?,15-/m0/s1. The molecule has 0 N–H and O–H groups in total. The molecule has 0 aliphatic heterocycles. The molecule has 18 heavy (non-hydrogen) atoms. The van der Waals surface area contributed by atoms with Gasteiger partial charge >= 0.3 is 0 Å². The summed E-state index contributed by atoms with van der Waals surface area (Å²) in [6, 6.07) is 5.75. The second kappa shape index (κ2) is 4.71. The van der Waals surface area contributed by atoms with Crippen molar-refractivity contribution in [3.05, 3.63) is 46.0 Å². The molecule has 4 atom stereocenters. The van der Waals surface area contributed by atoms with Gasteiger partial charge in [-0.05, 0) is 42.4 Å². The lowest BCUT2D eigenvalue weighted by molar-refractivity contribution is -0.114. The molecule has 4 rings (SSSR count). The largest absolute Gasteiger partial charge is 0.303 e. The molecule has 1 fully saturated rings. The van der Waals surface area contributed by atoms with Crippen LogP contribution < -0.4 is 0 Å². The Labute approximate surface area is 117 Å². The Balaban J connectivity index is 2.01. The molecule has 3 aliphatic carbocycles. The van der Waals surface area contributed by atoms with E-state index in [1.54, 1.807) is 0 Å². The van der Waals surface area contributed by atoms with Crippen LogP contribution in [0.2, 0.25) is 10.0 Å². The van der Waals surface area contributed by atoms with E-state index < -0.39 is 0 Å². The Hall–Kier alpha value is -0.790. The van der Waals surface area contributed by atoms with Crippen LogP contribution in [0.25, 0.3) is 0 Å². The summed E-state index contributed by atoms with van der Waals surface area (Å²) in [4.78, 5) is 11.4. The Morgan fingerprint density at radius 3 is 2.39 bits per heavy atom. The molecule has 0 heterocycles. The van der Waals surface area contributed by atoms with Crippen molar-refractivity contribution in [1.82, 2.24) is 0 Å². The van der Waals surface area contributed by atoms with E-state index in [1.165, 1.54) is 0 Å². The van der Waals surface area contributed by atoms with Crippen molar-refractivity contribution in [2.24, 2.45) is 17.8 Å². The minimum absolute atomic E-state index is 0.0889. The minimum atomic E-state index is 0.0889. The van der Waals surface area contributed by atoms with Gasteiger partial charge in [0.2, 0.25) is 0 Å². The Morgan fingerprint density at radius 2 is 1.78 bits per heavy atom. The van der Waals surface area contributed by atoms with Crippen LogP contribution in [0.1, 0.15) is 24.3 Å². The van der Waals surface area contributed by atoms with E-state index in [9.17, 15) is 4.79 Å². The molecule has 0 spiro atoms. The van der Waals surface area contributed by atoms with Crippen LogP contribution in [-0.2, 0) is 4.79 Å². The van der Waals surface area contributed by atoms with E-state index in [0.717, 1.165) is 24.7 Å². The highest BCUT2D eigenvalue weighted by Crippen LogP contribution is 2.49. The van der Waals surface area contributed by atoms with Crippen molar-refractivity contribution in [3.8, 4) is 0 Å². The fourth-order valence-corrected chi connectivity index (χ4v) is 3.72.